The van der Waals surface area contributed by atoms with E-state index in [2.05, 4.69) is 10.3 Å². The summed E-state index contributed by atoms with van der Waals surface area (Å²) in [7, 11) is 0. The molecule has 1 aliphatic heterocycles. The van der Waals surface area contributed by atoms with Crippen LogP contribution in [0.1, 0.15) is 50.0 Å². The van der Waals surface area contributed by atoms with Crippen molar-refractivity contribution in [3.8, 4) is 0 Å². The predicted molar refractivity (Wildman–Crippen MR) is 108 cm³/mol. The van der Waals surface area contributed by atoms with Crippen LogP contribution in [-0.2, 0) is 16.0 Å². The number of aliphatic hydroxyl groups is 1. The molecule has 1 aliphatic rings. The van der Waals surface area contributed by atoms with Gasteiger partial charge in [0.25, 0.3) is 5.56 Å². The van der Waals surface area contributed by atoms with E-state index in [-0.39, 0.29) is 24.8 Å². The Morgan fingerprint density at radius 2 is 2.07 bits per heavy atom. The molecule has 8 heteroatoms. The van der Waals surface area contributed by atoms with Crippen molar-refractivity contribution in [1.82, 2.24) is 14.9 Å². The summed E-state index contributed by atoms with van der Waals surface area (Å²) in [5.41, 5.74) is 0.563. The second-order valence-corrected chi connectivity index (χ2v) is 7.43. The number of carbonyl (C=O) groups is 1. The molecule has 2 heterocycles. The van der Waals surface area contributed by atoms with Crippen molar-refractivity contribution >= 4 is 5.91 Å². The van der Waals surface area contributed by atoms with Gasteiger partial charge in [-0.25, -0.2) is 4.79 Å². The van der Waals surface area contributed by atoms with E-state index >= 15 is 0 Å². The Bertz CT molecular complexity index is 953. The van der Waals surface area contributed by atoms with Crippen LogP contribution in [0.5, 0.6) is 0 Å². The lowest BCUT2D eigenvalue weighted by Gasteiger charge is -2.18. The summed E-state index contributed by atoms with van der Waals surface area (Å²) in [6, 6.07) is 9.78. The van der Waals surface area contributed by atoms with Crippen LogP contribution in [0.15, 0.2) is 46.1 Å². The van der Waals surface area contributed by atoms with E-state index in [1.54, 1.807) is 0 Å². The number of nitrogens with zero attached hydrogens (tertiary/aromatic N) is 1. The van der Waals surface area contributed by atoms with Gasteiger partial charge in [-0.05, 0) is 17.9 Å². The molecular weight excluding hydrogens is 374 g/mol. The number of aromatic nitrogens is 2. The standard InChI is InChI=1S/C21H27N3O5/c1-3-14-12-24(21(28)23-20(14)27)19-10-16(25)17(29-19)11-22-18(26)9-13(2)15-7-5-4-6-8-15/h4-8,12-13,16-17,19,25H,3,9-11H2,1-2H3,(H,22,26)(H,23,27,28)/t13?,16?,17-,19-/m0/s1. The molecule has 2 unspecified atom stereocenters. The van der Waals surface area contributed by atoms with Gasteiger partial charge < -0.3 is 15.2 Å². The van der Waals surface area contributed by atoms with Gasteiger partial charge in [-0.15, -0.1) is 0 Å². The monoisotopic (exact) mass is 401 g/mol. The van der Waals surface area contributed by atoms with Crippen LogP contribution >= 0.6 is 0 Å². The molecule has 2 aromatic rings. The zero-order valence-corrected chi connectivity index (χ0v) is 16.6. The van der Waals surface area contributed by atoms with E-state index < -0.39 is 29.7 Å². The maximum Gasteiger partial charge on any atom is 0.330 e. The summed E-state index contributed by atoms with van der Waals surface area (Å²) in [6.07, 6.45) is 0.344. The van der Waals surface area contributed by atoms with Crippen LogP contribution in [-0.4, -0.2) is 39.3 Å². The van der Waals surface area contributed by atoms with Crippen LogP contribution in [0.4, 0.5) is 0 Å². The summed E-state index contributed by atoms with van der Waals surface area (Å²) in [5, 5.41) is 13.1. The van der Waals surface area contributed by atoms with Gasteiger partial charge in [0.15, 0.2) is 0 Å². The molecule has 3 N–H and O–H groups in total. The lowest BCUT2D eigenvalue weighted by atomic mass is 9.97. The minimum Gasteiger partial charge on any atom is -0.390 e. The zero-order chi connectivity index (χ0) is 21.0. The summed E-state index contributed by atoms with van der Waals surface area (Å²) >= 11 is 0. The number of benzene rings is 1. The number of amides is 1. The molecule has 1 fully saturated rings. The van der Waals surface area contributed by atoms with E-state index in [0.717, 1.165) is 5.56 Å². The number of aromatic amines is 1. The van der Waals surface area contributed by atoms with E-state index in [4.69, 9.17) is 4.74 Å². The first-order valence-electron chi connectivity index (χ1n) is 9.88. The van der Waals surface area contributed by atoms with Gasteiger partial charge >= 0.3 is 5.69 Å². The summed E-state index contributed by atoms with van der Waals surface area (Å²) in [5.74, 6) is -0.0550. The quantitative estimate of drug-likeness (QED) is 0.642. The molecule has 1 amide bonds. The fourth-order valence-corrected chi connectivity index (χ4v) is 3.53. The summed E-state index contributed by atoms with van der Waals surface area (Å²) < 4.78 is 7.09. The molecule has 3 rings (SSSR count). The Kier molecular flexibility index (Phi) is 6.66. The van der Waals surface area contributed by atoms with Gasteiger partial charge in [0.1, 0.15) is 12.3 Å². The number of ether oxygens (including phenoxy) is 1. The molecule has 0 spiro atoms. The van der Waals surface area contributed by atoms with Gasteiger partial charge in [0.05, 0.1) is 6.10 Å². The fourth-order valence-electron chi connectivity index (χ4n) is 3.53. The van der Waals surface area contributed by atoms with Gasteiger partial charge in [-0.2, -0.15) is 0 Å². The zero-order valence-electron chi connectivity index (χ0n) is 16.6. The second-order valence-electron chi connectivity index (χ2n) is 7.43. The van der Waals surface area contributed by atoms with Crippen molar-refractivity contribution in [2.24, 2.45) is 0 Å². The largest absolute Gasteiger partial charge is 0.390 e. The maximum atomic E-state index is 12.3. The van der Waals surface area contributed by atoms with E-state index in [1.165, 1.54) is 10.8 Å². The first-order chi connectivity index (χ1) is 13.9. The van der Waals surface area contributed by atoms with Crippen molar-refractivity contribution in [2.45, 2.75) is 57.5 Å². The Labute approximate surface area is 168 Å². The Morgan fingerprint density at radius 1 is 1.34 bits per heavy atom. The topological polar surface area (TPSA) is 113 Å². The smallest absolute Gasteiger partial charge is 0.330 e. The average Bonchev–Trinajstić information content (AvgIpc) is 3.07. The third-order valence-corrected chi connectivity index (χ3v) is 5.30. The van der Waals surface area contributed by atoms with Crippen molar-refractivity contribution in [3.05, 3.63) is 68.5 Å². The highest BCUT2D eigenvalue weighted by atomic mass is 16.5. The minimum atomic E-state index is -0.823. The second kappa shape index (κ2) is 9.19. The minimum absolute atomic E-state index is 0.0746. The number of hydrogen-bond acceptors (Lipinski definition) is 5. The van der Waals surface area contributed by atoms with Crippen molar-refractivity contribution in [2.75, 3.05) is 6.54 Å². The fraction of sp³-hybridized carbons (Fsp3) is 0.476. The molecule has 0 radical (unpaired) electrons. The van der Waals surface area contributed by atoms with Gasteiger partial charge in [-0.3, -0.25) is 19.1 Å². The molecule has 1 saturated heterocycles. The molecule has 0 saturated carbocycles. The van der Waals surface area contributed by atoms with Crippen LogP contribution in [0.2, 0.25) is 0 Å². The molecule has 1 aromatic heterocycles. The molecule has 1 aromatic carbocycles. The summed E-state index contributed by atoms with van der Waals surface area (Å²) in [4.78, 5) is 38.4. The summed E-state index contributed by atoms with van der Waals surface area (Å²) in [6.45, 7) is 3.95. The average molecular weight is 401 g/mol. The molecule has 0 aliphatic carbocycles. The lowest BCUT2D eigenvalue weighted by Crippen LogP contribution is -2.37. The first kappa shape index (κ1) is 21.0. The van der Waals surface area contributed by atoms with E-state index in [0.29, 0.717) is 18.4 Å². The number of H-pyrrole nitrogens is 1. The Balaban J connectivity index is 1.57. The van der Waals surface area contributed by atoms with Gasteiger partial charge in [0.2, 0.25) is 5.91 Å². The number of aliphatic hydroxyl groups excluding tert-OH is 1. The van der Waals surface area contributed by atoms with E-state index in [9.17, 15) is 19.5 Å². The number of rotatable bonds is 7. The van der Waals surface area contributed by atoms with Crippen molar-refractivity contribution in [3.63, 3.8) is 0 Å². The third-order valence-electron chi connectivity index (χ3n) is 5.30. The highest BCUT2D eigenvalue weighted by Crippen LogP contribution is 2.27. The number of aryl methyl sites for hydroxylation is 1. The number of nitrogens with one attached hydrogen (secondary N) is 2. The predicted octanol–water partition coefficient (Wildman–Crippen LogP) is 1.06. The Morgan fingerprint density at radius 3 is 2.76 bits per heavy atom. The third kappa shape index (κ3) is 5.02. The first-order valence-corrected chi connectivity index (χ1v) is 9.88. The Hall–Kier alpha value is -2.71. The van der Waals surface area contributed by atoms with Gasteiger partial charge in [-0.1, -0.05) is 44.2 Å². The maximum absolute atomic E-state index is 12.3. The van der Waals surface area contributed by atoms with Crippen LogP contribution in [0, 0.1) is 0 Å². The normalized spacial score (nSPS) is 22.4. The molecule has 156 valence electrons. The highest BCUT2D eigenvalue weighted by molar-refractivity contribution is 5.76. The van der Waals surface area contributed by atoms with Crippen molar-refractivity contribution in [1.29, 1.82) is 0 Å². The SMILES string of the molecule is CCc1cn([C@@H]2CC(O)[C@H](CNC(=O)CC(C)c3ccccc3)O2)c(=O)[nH]c1=O. The number of hydrogen-bond donors (Lipinski definition) is 3. The van der Waals surface area contributed by atoms with Crippen LogP contribution < -0.4 is 16.6 Å². The van der Waals surface area contributed by atoms with Crippen LogP contribution in [0.3, 0.4) is 0 Å². The highest BCUT2D eigenvalue weighted by Gasteiger charge is 2.35. The number of carbonyl (C=O) groups excluding carboxylic acids is 1. The van der Waals surface area contributed by atoms with E-state index in [1.807, 2.05) is 44.2 Å². The molecule has 4 atom stereocenters. The molecule has 29 heavy (non-hydrogen) atoms. The lowest BCUT2D eigenvalue weighted by molar-refractivity contribution is -0.122. The van der Waals surface area contributed by atoms with Crippen molar-refractivity contribution < 1.29 is 14.6 Å². The molecular formula is C21H27N3O5. The van der Waals surface area contributed by atoms with Gasteiger partial charge in [0, 0.05) is 31.1 Å². The molecule has 0 bridgehead atoms. The van der Waals surface area contributed by atoms with Crippen LogP contribution in [0.25, 0.3) is 0 Å². The molecule has 8 nitrogen and oxygen atoms in total.